The summed E-state index contributed by atoms with van der Waals surface area (Å²) < 4.78 is 0. The van der Waals surface area contributed by atoms with Crippen molar-refractivity contribution in [3.8, 4) is 0 Å². The molecular formula is C14H19N3. The summed E-state index contributed by atoms with van der Waals surface area (Å²) in [6, 6.07) is 4.55. The highest BCUT2D eigenvalue weighted by molar-refractivity contribution is 5.91. The molecule has 0 unspecified atom stereocenters. The lowest BCUT2D eigenvalue weighted by molar-refractivity contribution is 0.818. The molecule has 17 heavy (non-hydrogen) atoms. The van der Waals surface area contributed by atoms with E-state index in [4.69, 9.17) is 0 Å². The van der Waals surface area contributed by atoms with E-state index < -0.39 is 0 Å². The Bertz CT molecular complexity index is 518. The fourth-order valence-electron chi connectivity index (χ4n) is 1.79. The second-order valence-electron chi connectivity index (χ2n) is 4.95. The number of pyridine rings is 2. The van der Waals surface area contributed by atoms with Crippen molar-refractivity contribution in [1.82, 2.24) is 9.97 Å². The second-order valence-corrected chi connectivity index (χ2v) is 4.95. The fourth-order valence-corrected chi connectivity index (χ4v) is 1.79. The van der Waals surface area contributed by atoms with Crippen molar-refractivity contribution in [2.24, 2.45) is 0 Å². The Balaban J connectivity index is 2.60. The van der Waals surface area contributed by atoms with Crippen LogP contribution in [0.25, 0.3) is 10.8 Å². The molecule has 0 radical (unpaired) electrons. The average molecular weight is 229 g/mol. The summed E-state index contributed by atoms with van der Waals surface area (Å²) in [7, 11) is 0. The van der Waals surface area contributed by atoms with E-state index in [1.807, 2.05) is 18.5 Å². The Morgan fingerprint density at radius 3 is 2.59 bits per heavy atom. The third-order valence-electron chi connectivity index (χ3n) is 2.67. The van der Waals surface area contributed by atoms with Gasteiger partial charge in [-0.15, -0.1) is 0 Å². The quantitative estimate of drug-likeness (QED) is 0.874. The van der Waals surface area contributed by atoms with Gasteiger partial charge >= 0.3 is 0 Å². The highest BCUT2D eigenvalue weighted by atomic mass is 15.0. The molecule has 90 valence electrons. The third kappa shape index (κ3) is 2.54. The van der Waals surface area contributed by atoms with E-state index in [2.05, 4.69) is 49.0 Å². The molecule has 0 saturated heterocycles. The standard InChI is InChI=1S/C14H19N3/c1-9(2)13-7-11-5-6-15-8-12(11)14(17-13)16-10(3)4/h5-10H,1-4H3,(H,16,17). The van der Waals surface area contributed by atoms with Gasteiger partial charge in [0.1, 0.15) is 5.82 Å². The number of hydrogen-bond donors (Lipinski definition) is 1. The van der Waals surface area contributed by atoms with Crippen LogP contribution in [0.5, 0.6) is 0 Å². The lowest BCUT2D eigenvalue weighted by Gasteiger charge is -2.14. The smallest absolute Gasteiger partial charge is 0.135 e. The van der Waals surface area contributed by atoms with E-state index in [9.17, 15) is 0 Å². The Morgan fingerprint density at radius 1 is 1.18 bits per heavy atom. The van der Waals surface area contributed by atoms with Crippen molar-refractivity contribution in [3.63, 3.8) is 0 Å². The van der Waals surface area contributed by atoms with Crippen LogP contribution in [0, 0.1) is 0 Å². The number of fused-ring (bicyclic) bond motifs is 1. The van der Waals surface area contributed by atoms with Crippen molar-refractivity contribution >= 4 is 16.6 Å². The molecule has 2 rings (SSSR count). The van der Waals surface area contributed by atoms with Gasteiger partial charge in [-0.2, -0.15) is 0 Å². The normalized spacial score (nSPS) is 11.4. The largest absolute Gasteiger partial charge is 0.367 e. The maximum absolute atomic E-state index is 4.69. The number of nitrogens with zero attached hydrogens (tertiary/aromatic N) is 2. The third-order valence-corrected chi connectivity index (χ3v) is 2.67. The fraction of sp³-hybridized carbons (Fsp3) is 0.429. The summed E-state index contributed by atoms with van der Waals surface area (Å²) in [6.07, 6.45) is 3.70. The topological polar surface area (TPSA) is 37.8 Å². The van der Waals surface area contributed by atoms with Crippen molar-refractivity contribution in [3.05, 3.63) is 30.2 Å². The summed E-state index contributed by atoms with van der Waals surface area (Å²) in [5.74, 6) is 1.37. The Morgan fingerprint density at radius 2 is 1.94 bits per heavy atom. The molecule has 0 fully saturated rings. The van der Waals surface area contributed by atoms with Crippen LogP contribution in [0.1, 0.15) is 39.3 Å². The zero-order valence-corrected chi connectivity index (χ0v) is 10.9. The van der Waals surface area contributed by atoms with Gasteiger partial charge in [0.15, 0.2) is 0 Å². The van der Waals surface area contributed by atoms with Crippen LogP contribution >= 0.6 is 0 Å². The van der Waals surface area contributed by atoms with Crippen molar-refractivity contribution in [2.75, 3.05) is 5.32 Å². The van der Waals surface area contributed by atoms with Gasteiger partial charge in [-0.1, -0.05) is 13.8 Å². The second kappa shape index (κ2) is 4.70. The molecular weight excluding hydrogens is 210 g/mol. The summed E-state index contributed by atoms with van der Waals surface area (Å²) in [6.45, 7) is 8.56. The molecule has 0 aliphatic heterocycles. The van der Waals surface area contributed by atoms with E-state index in [0.29, 0.717) is 12.0 Å². The van der Waals surface area contributed by atoms with E-state index >= 15 is 0 Å². The summed E-state index contributed by atoms with van der Waals surface area (Å²) in [5, 5.41) is 5.68. The van der Waals surface area contributed by atoms with E-state index in [1.165, 1.54) is 5.39 Å². The molecule has 0 atom stereocenters. The Labute approximate surface area is 102 Å². The van der Waals surface area contributed by atoms with Gasteiger partial charge < -0.3 is 5.32 Å². The molecule has 3 heteroatoms. The highest BCUT2D eigenvalue weighted by Gasteiger charge is 2.09. The van der Waals surface area contributed by atoms with Crippen molar-refractivity contribution in [2.45, 2.75) is 39.7 Å². The summed E-state index contributed by atoms with van der Waals surface area (Å²) in [4.78, 5) is 8.86. The minimum Gasteiger partial charge on any atom is -0.367 e. The molecule has 0 aliphatic rings. The average Bonchev–Trinajstić information content (AvgIpc) is 2.28. The summed E-state index contributed by atoms with van der Waals surface area (Å²) in [5.41, 5.74) is 1.12. The zero-order valence-electron chi connectivity index (χ0n) is 10.9. The molecule has 0 aliphatic carbocycles. The molecule has 0 saturated carbocycles. The predicted octanol–water partition coefficient (Wildman–Crippen LogP) is 3.57. The molecule has 3 nitrogen and oxygen atoms in total. The first-order chi connectivity index (χ1) is 8.08. The maximum atomic E-state index is 4.69. The first kappa shape index (κ1) is 11.8. The Kier molecular flexibility index (Phi) is 3.27. The number of hydrogen-bond acceptors (Lipinski definition) is 3. The SMILES string of the molecule is CC(C)Nc1nc(C(C)C)cc2ccncc12. The van der Waals surface area contributed by atoms with Crippen molar-refractivity contribution < 1.29 is 0 Å². The number of nitrogens with one attached hydrogen (secondary N) is 1. The number of rotatable bonds is 3. The molecule has 2 aromatic heterocycles. The van der Waals surface area contributed by atoms with Crippen molar-refractivity contribution in [1.29, 1.82) is 0 Å². The molecule has 2 heterocycles. The van der Waals surface area contributed by atoms with Gasteiger partial charge in [0.05, 0.1) is 0 Å². The van der Waals surface area contributed by atoms with Gasteiger partial charge in [0, 0.05) is 29.5 Å². The van der Waals surface area contributed by atoms with Crippen LogP contribution in [-0.2, 0) is 0 Å². The van der Waals surface area contributed by atoms with Gasteiger partial charge in [-0.25, -0.2) is 4.98 Å². The first-order valence-electron chi connectivity index (χ1n) is 6.09. The van der Waals surface area contributed by atoms with Gasteiger partial charge in [-0.3, -0.25) is 4.98 Å². The zero-order chi connectivity index (χ0) is 12.4. The van der Waals surface area contributed by atoms with Crippen LogP contribution < -0.4 is 5.32 Å². The molecule has 0 amide bonds. The van der Waals surface area contributed by atoms with E-state index in [1.54, 1.807) is 0 Å². The summed E-state index contributed by atoms with van der Waals surface area (Å²) >= 11 is 0. The van der Waals surface area contributed by atoms with Gasteiger partial charge in [0.25, 0.3) is 0 Å². The molecule has 0 bridgehead atoms. The monoisotopic (exact) mass is 229 g/mol. The lowest BCUT2D eigenvalue weighted by Crippen LogP contribution is -2.12. The van der Waals surface area contributed by atoms with E-state index in [-0.39, 0.29) is 0 Å². The van der Waals surface area contributed by atoms with Crippen LogP contribution in [-0.4, -0.2) is 16.0 Å². The number of aromatic nitrogens is 2. The first-order valence-corrected chi connectivity index (χ1v) is 6.09. The minimum atomic E-state index is 0.369. The van der Waals surface area contributed by atoms with Gasteiger partial charge in [0.2, 0.25) is 0 Å². The maximum Gasteiger partial charge on any atom is 0.135 e. The van der Waals surface area contributed by atoms with E-state index in [0.717, 1.165) is 16.9 Å². The lowest BCUT2D eigenvalue weighted by atomic mass is 10.1. The Hall–Kier alpha value is -1.64. The molecule has 1 N–H and O–H groups in total. The van der Waals surface area contributed by atoms with Crippen LogP contribution in [0.4, 0.5) is 5.82 Å². The van der Waals surface area contributed by atoms with Crippen LogP contribution in [0.2, 0.25) is 0 Å². The molecule has 0 spiro atoms. The minimum absolute atomic E-state index is 0.369. The highest BCUT2D eigenvalue weighted by Crippen LogP contribution is 2.25. The molecule has 0 aromatic carbocycles. The predicted molar refractivity (Wildman–Crippen MR) is 72.4 cm³/mol. The molecule has 2 aromatic rings. The van der Waals surface area contributed by atoms with Gasteiger partial charge in [-0.05, 0) is 37.3 Å². The van der Waals surface area contributed by atoms with Crippen LogP contribution in [0.15, 0.2) is 24.5 Å². The van der Waals surface area contributed by atoms with Crippen LogP contribution in [0.3, 0.4) is 0 Å². The number of anilines is 1.